The van der Waals surface area contributed by atoms with Gasteiger partial charge in [0.15, 0.2) is 0 Å². The Morgan fingerprint density at radius 1 is 1.10 bits per heavy atom. The number of carboxylic acids is 1. The number of carboxylic acid groups (broad SMARTS) is 1. The first kappa shape index (κ1) is 19.5. The van der Waals surface area contributed by atoms with Crippen molar-refractivity contribution in [2.24, 2.45) is 7.05 Å². The number of carbonyl (C=O) groups is 1. The maximum Gasteiger partial charge on any atom is 0.314 e. The predicted octanol–water partition coefficient (Wildman–Crippen LogP) is 3.73. The third-order valence-electron chi connectivity index (χ3n) is 6.45. The Kier molecular flexibility index (Phi) is 4.84. The second kappa shape index (κ2) is 7.68. The molecule has 2 N–H and O–H groups in total. The van der Waals surface area contributed by atoms with Crippen molar-refractivity contribution in [1.29, 1.82) is 0 Å². The molecular weight excluding hydrogens is 392 g/mol. The minimum absolute atomic E-state index is 0.521. The Balaban J connectivity index is 1.44. The Bertz CT molecular complexity index is 1100. The number of nitrogens with zero attached hydrogens (tertiary/aromatic N) is 5. The maximum atomic E-state index is 11.8. The number of aliphatic carboxylic acids is 1. The molecule has 2 aliphatic rings. The highest BCUT2D eigenvalue weighted by Gasteiger charge is 2.45. The maximum absolute atomic E-state index is 11.8. The molecule has 0 amide bonds. The zero-order chi connectivity index (χ0) is 21.4. The molecule has 31 heavy (non-hydrogen) atoms. The van der Waals surface area contributed by atoms with E-state index < -0.39 is 11.4 Å². The molecule has 0 bridgehead atoms. The van der Waals surface area contributed by atoms with Crippen LogP contribution in [0.3, 0.4) is 0 Å². The van der Waals surface area contributed by atoms with Gasteiger partial charge in [0.05, 0.1) is 17.3 Å². The number of nitrogens with one attached hydrogen (secondary N) is 1. The molecule has 8 heteroatoms. The van der Waals surface area contributed by atoms with E-state index in [-0.39, 0.29) is 0 Å². The largest absolute Gasteiger partial charge is 0.481 e. The fourth-order valence-corrected chi connectivity index (χ4v) is 4.46. The van der Waals surface area contributed by atoms with Crippen LogP contribution in [0.15, 0.2) is 42.7 Å². The van der Waals surface area contributed by atoms with Crippen LogP contribution in [-0.4, -0.2) is 43.9 Å². The van der Waals surface area contributed by atoms with Gasteiger partial charge in [-0.3, -0.25) is 9.48 Å². The van der Waals surface area contributed by atoms with Crippen LogP contribution in [0.4, 0.5) is 17.5 Å². The Morgan fingerprint density at radius 3 is 2.42 bits per heavy atom. The Labute approximate surface area is 180 Å². The van der Waals surface area contributed by atoms with E-state index in [4.69, 9.17) is 9.97 Å². The molecule has 1 aliphatic carbocycles. The topological polar surface area (TPSA) is 96.2 Å². The predicted molar refractivity (Wildman–Crippen MR) is 119 cm³/mol. The lowest BCUT2D eigenvalue weighted by atomic mass is 9.64. The summed E-state index contributed by atoms with van der Waals surface area (Å²) in [6.07, 6.45) is 8.44. The standard InChI is InChI=1S/C23H26N6O2/c1-28-15-16(14-24-28)19-13-20(29-11-2-3-12-29)27-22(26-19)25-18-7-5-17(6-8-18)23(21(30)31)9-4-10-23/h5-8,13-15H,2-4,9-12H2,1H3,(H,30,31)(H,25,26,27). The highest BCUT2D eigenvalue weighted by Crippen LogP contribution is 2.44. The van der Waals surface area contributed by atoms with Crippen LogP contribution in [0.25, 0.3) is 11.3 Å². The first-order valence-electron chi connectivity index (χ1n) is 10.8. The number of anilines is 3. The summed E-state index contributed by atoms with van der Waals surface area (Å²) in [4.78, 5) is 23.5. The van der Waals surface area contributed by atoms with Crippen LogP contribution in [0.1, 0.15) is 37.7 Å². The van der Waals surface area contributed by atoms with Crippen LogP contribution < -0.4 is 10.2 Å². The summed E-state index contributed by atoms with van der Waals surface area (Å²) in [7, 11) is 1.89. The minimum atomic E-state index is -0.734. The number of benzene rings is 1. The van der Waals surface area contributed by atoms with Crippen molar-refractivity contribution in [2.75, 3.05) is 23.3 Å². The van der Waals surface area contributed by atoms with Crippen LogP contribution >= 0.6 is 0 Å². The molecule has 1 aliphatic heterocycles. The summed E-state index contributed by atoms with van der Waals surface area (Å²) in [6, 6.07) is 9.65. The van der Waals surface area contributed by atoms with E-state index in [0.29, 0.717) is 18.8 Å². The van der Waals surface area contributed by atoms with Gasteiger partial charge in [-0.2, -0.15) is 10.1 Å². The van der Waals surface area contributed by atoms with Gasteiger partial charge in [0, 0.05) is 43.7 Å². The second-order valence-corrected chi connectivity index (χ2v) is 8.47. The highest BCUT2D eigenvalue weighted by atomic mass is 16.4. The van der Waals surface area contributed by atoms with E-state index in [2.05, 4.69) is 15.3 Å². The second-order valence-electron chi connectivity index (χ2n) is 8.47. The number of aromatic nitrogens is 4. The molecule has 8 nitrogen and oxygen atoms in total. The van der Waals surface area contributed by atoms with Gasteiger partial charge < -0.3 is 15.3 Å². The molecule has 3 heterocycles. The normalized spacial score (nSPS) is 17.4. The van der Waals surface area contributed by atoms with E-state index in [0.717, 1.165) is 47.8 Å². The lowest BCUT2D eigenvalue weighted by molar-refractivity contribution is -0.147. The van der Waals surface area contributed by atoms with Crippen molar-refractivity contribution in [3.63, 3.8) is 0 Å². The van der Waals surface area contributed by atoms with E-state index in [1.54, 1.807) is 10.9 Å². The van der Waals surface area contributed by atoms with Crippen LogP contribution in [0.2, 0.25) is 0 Å². The molecule has 5 rings (SSSR count). The molecular formula is C23H26N6O2. The van der Waals surface area contributed by atoms with Gasteiger partial charge in [0.1, 0.15) is 5.82 Å². The molecule has 0 atom stereocenters. The molecule has 1 aromatic carbocycles. The van der Waals surface area contributed by atoms with Gasteiger partial charge in [-0.1, -0.05) is 18.6 Å². The third-order valence-corrected chi connectivity index (χ3v) is 6.45. The van der Waals surface area contributed by atoms with E-state index in [1.165, 1.54) is 12.8 Å². The van der Waals surface area contributed by atoms with Crippen molar-refractivity contribution < 1.29 is 9.90 Å². The van der Waals surface area contributed by atoms with Gasteiger partial charge in [-0.25, -0.2) is 4.98 Å². The lowest BCUT2D eigenvalue weighted by Gasteiger charge is -2.38. The molecule has 1 saturated heterocycles. The molecule has 0 unspecified atom stereocenters. The van der Waals surface area contributed by atoms with E-state index >= 15 is 0 Å². The van der Waals surface area contributed by atoms with E-state index in [1.807, 2.05) is 43.6 Å². The molecule has 0 radical (unpaired) electrons. The van der Waals surface area contributed by atoms with Crippen molar-refractivity contribution in [1.82, 2.24) is 19.7 Å². The van der Waals surface area contributed by atoms with Gasteiger partial charge in [-0.15, -0.1) is 0 Å². The summed E-state index contributed by atoms with van der Waals surface area (Å²) >= 11 is 0. The Morgan fingerprint density at radius 2 is 1.84 bits per heavy atom. The van der Waals surface area contributed by atoms with Gasteiger partial charge in [-0.05, 0) is 43.4 Å². The molecule has 2 aromatic heterocycles. The van der Waals surface area contributed by atoms with Crippen molar-refractivity contribution in [2.45, 2.75) is 37.5 Å². The number of rotatable bonds is 6. The van der Waals surface area contributed by atoms with Crippen LogP contribution in [0, 0.1) is 0 Å². The fourth-order valence-electron chi connectivity index (χ4n) is 4.46. The Hall–Kier alpha value is -3.42. The monoisotopic (exact) mass is 418 g/mol. The van der Waals surface area contributed by atoms with Crippen molar-refractivity contribution in [3.8, 4) is 11.3 Å². The summed E-state index contributed by atoms with van der Waals surface area (Å²) in [5.41, 5.74) is 2.73. The molecule has 1 saturated carbocycles. The summed E-state index contributed by atoms with van der Waals surface area (Å²) in [5, 5.41) is 17.2. The minimum Gasteiger partial charge on any atom is -0.481 e. The first-order chi connectivity index (χ1) is 15.0. The fraction of sp³-hybridized carbons (Fsp3) is 0.391. The molecule has 3 aromatic rings. The van der Waals surface area contributed by atoms with Crippen molar-refractivity contribution >= 4 is 23.4 Å². The summed E-state index contributed by atoms with van der Waals surface area (Å²) in [6.45, 7) is 1.99. The zero-order valence-corrected chi connectivity index (χ0v) is 17.6. The quantitative estimate of drug-likeness (QED) is 0.630. The lowest BCUT2D eigenvalue weighted by Crippen LogP contribution is -2.42. The zero-order valence-electron chi connectivity index (χ0n) is 17.6. The number of aryl methyl sites for hydroxylation is 1. The number of hydrogen-bond donors (Lipinski definition) is 2. The SMILES string of the molecule is Cn1cc(-c2cc(N3CCCC3)nc(Nc3ccc(C4(C(=O)O)CCC4)cc3)n2)cn1. The van der Waals surface area contributed by atoms with E-state index in [9.17, 15) is 9.90 Å². The van der Waals surface area contributed by atoms with Crippen LogP contribution in [-0.2, 0) is 17.3 Å². The average molecular weight is 419 g/mol. The van der Waals surface area contributed by atoms with Crippen LogP contribution in [0.5, 0.6) is 0 Å². The third kappa shape index (κ3) is 3.62. The van der Waals surface area contributed by atoms with Gasteiger partial charge in [0.25, 0.3) is 0 Å². The molecule has 2 fully saturated rings. The summed E-state index contributed by atoms with van der Waals surface area (Å²) in [5.74, 6) is 0.694. The highest BCUT2D eigenvalue weighted by molar-refractivity contribution is 5.82. The summed E-state index contributed by atoms with van der Waals surface area (Å²) < 4.78 is 1.76. The van der Waals surface area contributed by atoms with Gasteiger partial charge >= 0.3 is 5.97 Å². The molecule has 160 valence electrons. The average Bonchev–Trinajstić information content (AvgIpc) is 3.40. The first-order valence-corrected chi connectivity index (χ1v) is 10.8. The molecule has 0 spiro atoms. The number of hydrogen-bond acceptors (Lipinski definition) is 6. The smallest absolute Gasteiger partial charge is 0.314 e. The van der Waals surface area contributed by atoms with Crippen molar-refractivity contribution in [3.05, 3.63) is 48.3 Å². The van der Waals surface area contributed by atoms with Gasteiger partial charge in [0.2, 0.25) is 5.95 Å².